The van der Waals surface area contributed by atoms with Crippen molar-refractivity contribution < 1.29 is 18.0 Å². The molecule has 112 valence electrons. The van der Waals surface area contributed by atoms with Gasteiger partial charge in [-0.1, -0.05) is 13.8 Å². The van der Waals surface area contributed by atoms with Gasteiger partial charge in [0.15, 0.2) is 0 Å². The number of halogens is 3. The van der Waals surface area contributed by atoms with E-state index >= 15 is 0 Å². The van der Waals surface area contributed by atoms with E-state index in [4.69, 9.17) is 0 Å². The zero-order valence-corrected chi connectivity index (χ0v) is 11.6. The van der Waals surface area contributed by atoms with Gasteiger partial charge in [-0.05, 0) is 31.0 Å². The third kappa shape index (κ3) is 4.43. The maximum absolute atomic E-state index is 12.7. The zero-order valence-electron chi connectivity index (χ0n) is 11.6. The van der Waals surface area contributed by atoms with E-state index in [1.165, 1.54) is 6.07 Å². The molecule has 1 aromatic rings. The molecule has 1 aromatic carbocycles. The number of alkyl halides is 3. The predicted octanol–water partition coefficient (Wildman–Crippen LogP) is 3.67. The fraction of sp³-hybridized carbons (Fsp3) is 0.500. The summed E-state index contributed by atoms with van der Waals surface area (Å²) in [7, 11) is 0. The molecule has 0 unspecified atom stereocenters. The number of nitrogens with one attached hydrogen (secondary N) is 2. The maximum Gasteiger partial charge on any atom is 0.416 e. The topological polar surface area (TPSA) is 41.1 Å². The Morgan fingerprint density at radius 2 is 1.80 bits per heavy atom. The van der Waals surface area contributed by atoms with E-state index in [-0.39, 0.29) is 5.56 Å². The lowest BCUT2D eigenvalue weighted by atomic mass is 10.1. The van der Waals surface area contributed by atoms with Gasteiger partial charge in [-0.25, -0.2) is 0 Å². The molecule has 20 heavy (non-hydrogen) atoms. The summed E-state index contributed by atoms with van der Waals surface area (Å²) in [6, 6.07) is 3.18. The second-order valence-corrected chi connectivity index (χ2v) is 4.44. The van der Waals surface area contributed by atoms with Gasteiger partial charge in [0.2, 0.25) is 0 Å². The van der Waals surface area contributed by atoms with Crippen molar-refractivity contribution in [2.45, 2.75) is 32.9 Å². The Kier molecular flexibility index (Phi) is 5.85. The number of anilines is 1. The van der Waals surface area contributed by atoms with Crippen LogP contribution in [0.1, 0.15) is 42.6 Å². The van der Waals surface area contributed by atoms with Crippen LogP contribution in [0.2, 0.25) is 0 Å². The molecule has 0 atom stereocenters. The normalized spacial score (nSPS) is 11.2. The summed E-state index contributed by atoms with van der Waals surface area (Å²) in [6.07, 6.45) is -2.91. The van der Waals surface area contributed by atoms with Crippen LogP contribution in [0, 0.1) is 0 Å². The molecule has 1 amide bonds. The highest BCUT2D eigenvalue weighted by atomic mass is 19.4. The van der Waals surface area contributed by atoms with Gasteiger partial charge in [0.1, 0.15) is 0 Å². The molecule has 0 heterocycles. The van der Waals surface area contributed by atoms with Gasteiger partial charge in [-0.3, -0.25) is 4.79 Å². The molecule has 0 spiro atoms. The van der Waals surface area contributed by atoms with Gasteiger partial charge < -0.3 is 10.6 Å². The summed E-state index contributed by atoms with van der Waals surface area (Å²) < 4.78 is 38.1. The Labute approximate surface area is 116 Å². The minimum Gasteiger partial charge on any atom is -0.384 e. The first-order valence-corrected chi connectivity index (χ1v) is 6.63. The van der Waals surface area contributed by atoms with Crippen LogP contribution < -0.4 is 10.6 Å². The highest BCUT2D eigenvalue weighted by molar-refractivity contribution is 5.99. The molecule has 0 saturated carbocycles. The predicted molar refractivity (Wildman–Crippen MR) is 72.8 cm³/mol. The largest absolute Gasteiger partial charge is 0.416 e. The average molecular weight is 288 g/mol. The molecule has 0 radical (unpaired) electrons. The van der Waals surface area contributed by atoms with Gasteiger partial charge in [0, 0.05) is 18.8 Å². The lowest BCUT2D eigenvalue weighted by Crippen LogP contribution is -2.25. The third-order valence-electron chi connectivity index (χ3n) is 2.69. The smallest absolute Gasteiger partial charge is 0.384 e. The van der Waals surface area contributed by atoms with E-state index in [0.29, 0.717) is 18.8 Å². The summed E-state index contributed by atoms with van der Waals surface area (Å²) in [5.74, 6) is -0.489. The van der Waals surface area contributed by atoms with E-state index in [0.717, 1.165) is 25.0 Å². The highest BCUT2D eigenvalue weighted by Gasteiger charge is 2.31. The average Bonchev–Trinajstić information content (AvgIpc) is 2.41. The lowest BCUT2D eigenvalue weighted by molar-refractivity contribution is -0.137. The Morgan fingerprint density at radius 3 is 2.35 bits per heavy atom. The molecular formula is C14H19F3N2O. The monoisotopic (exact) mass is 288 g/mol. The molecule has 0 aromatic heterocycles. The minimum absolute atomic E-state index is 0.0294. The Morgan fingerprint density at radius 1 is 1.15 bits per heavy atom. The van der Waals surface area contributed by atoms with Gasteiger partial charge >= 0.3 is 6.18 Å². The van der Waals surface area contributed by atoms with Gasteiger partial charge in [-0.15, -0.1) is 0 Å². The van der Waals surface area contributed by atoms with Crippen molar-refractivity contribution >= 4 is 11.6 Å². The molecule has 1 rings (SSSR count). The summed E-state index contributed by atoms with van der Waals surface area (Å²) in [5, 5.41) is 5.57. The second kappa shape index (κ2) is 7.17. The number of carbonyl (C=O) groups is 1. The Bertz CT molecular complexity index is 458. The fourth-order valence-corrected chi connectivity index (χ4v) is 1.66. The molecular weight excluding hydrogens is 269 g/mol. The van der Waals surface area contributed by atoms with Crippen molar-refractivity contribution in [2.24, 2.45) is 0 Å². The van der Waals surface area contributed by atoms with Crippen LogP contribution in [0.25, 0.3) is 0 Å². The Hall–Kier alpha value is -1.72. The lowest BCUT2D eigenvalue weighted by Gasteiger charge is -2.14. The van der Waals surface area contributed by atoms with E-state index < -0.39 is 17.6 Å². The number of rotatable bonds is 6. The minimum atomic E-state index is -4.46. The van der Waals surface area contributed by atoms with Crippen LogP contribution >= 0.6 is 0 Å². The van der Waals surface area contributed by atoms with Crippen molar-refractivity contribution in [2.75, 3.05) is 18.4 Å². The molecule has 0 aliphatic rings. The van der Waals surface area contributed by atoms with Crippen LogP contribution in [0.15, 0.2) is 18.2 Å². The van der Waals surface area contributed by atoms with E-state index in [1.54, 1.807) is 0 Å². The van der Waals surface area contributed by atoms with Crippen molar-refractivity contribution in [3.05, 3.63) is 29.3 Å². The number of amides is 1. The molecule has 0 fully saturated rings. The first-order chi connectivity index (χ1) is 9.40. The highest BCUT2D eigenvalue weighted by Crippen LogP contribution is 2.31. The van der Waals surface area contributed by atoms with Crippen LogP contribution in [0.4, 0.5) is 18.9 Å². The first-order valence-electron chi connectivity index (χ1n) is 6.63. The molecule has 0 bridgehead atoms. The molecule has 6 heteroatoms. The maximum atomic E-state index is 12.7. The van der Waals surface area contributed by atoms with Crippen LogP contribution in [0.3, 0.4) is 0 Å². The summed E-state index contributed by atoms with van der Waals surface area (Å²) in [4.78, 5) is 11.9. The quantitative estimate of drug-likeness (QED) is 0.838. The number of carbonyl (C=O) groups excluding carboxylic acids is 1. The van der Waals surface area contributed by atoms with E-state index in [2.05, 4.69) is 10.6 Å². The second-order valence-electron chi connectivity index (χ2n) is 4.44. The van der Waals surface area contributed by atoms with Crippen molar-refractivity contribution in [3.63, 3.8) is 0 Å². The molecule has 0 aliphatic carbocycles. The number of hydrogen-bond acceptors (Lipinski definition) is 2. The summed E-state index contributed by atoms with van der Waals surface area (Å²) in [6.45, 7) is 4.85. The van der Waals surface area contributed by atoms with Crippen LogP contribution in [-0.4, -0.2) is 19.0 Å². The van der Waals surface area contributed by atoms with Crippen molar-refractivity contribution in [3.8, 4) is 0 Å². The van der Waals surface area contributed by atoms with Gasteiger partial charge in [0.05, 0.1) is 11.1 Å². The summed E-state index contributed by atoms with van der Waals surface area (Å²) >= 11 is 0. The molecule has 2 N–H and O–H groups in total. The summed E-state index contributed by atoms with van der Waals surface area (Å²) in [5.41, 5.74) is -0.364. The number of hydrogen-bond donors (Lipinski definition) is 2. The molecule has 3 nitrogen and oxygen atoms in total. The van der Waals surface area contributed by atoms with Crippen molar-refractivity contribution in [1.29, 1.82) is 0 Å². The third-order valence-corrected chi connectivity index (χ3v) is 2.69. The van der Waals surface area contributed by atoms with E-state index in [9.17, 15) is 18.0 Å². The van der Waals surface area contributed by atoms with Gasteiger partial charge in [-0.2, -0.15) is 13.2 Å². The Balaban J connectivity index is 3.08. The standard InChI is InChI=1S/C14H19F3N2O/c1-3-7-18-12-6-5-10(14(15,16)17)9-11(12)13(20)19-8-4-2/h5-6,9,18H,3-4,7-8H2,1-2H3,(H,19,20). The van der Waals surface area contributed by atoms with Gasteiger partial charge in [0.25, 0.3) is 5.91 Å². The molecule has 0 aliphatic heterocycles. The van der Waals surface area contributed by atoms with Crippen LogP contribution in [-0.2, 0) is 6.18 Å². The van der Waals surface area contributed by atoms with Crippen molar-refractivity contribution in [1.82, 2.24) is 5.32 Å². The fourth-order valence-electron chi connectivity index (χ4n) is 1.66. The van der Waals surface area contributed by atoms with E-state index in [1.807, 2.05) is 13.8 Å². The SMILES string of the molecule is CCCNC(=O)c1cc(C(F)(F)F)ccc1NCCC. The van der Waals surface area contributed by atoms with Crippen LogP contribution in [0.5, 0.6) is 0 Å². The number of benzene rings is 1. The molecule has 0 saturated heterocycles. The first kappa shape index (κ1) is 16.3. The zero-order chi connectivity index (χ0) is 15.2.